The zero-order chi connectivity index (χ0) is 57.2. The van der Waals surface area contributed by atoms with Gasteiger partial charge in [-0.2, -0.15) is 0 Å². The van der Waals surface area contributed by atoms with Gasteiger partial charge in [0.15, 0.2) is 22.7 Å². The summed E-state index contributed by atoms with van der Waals surface area (Å²) in [6.45, 7) is 39.8. The van der Waals surface area contributed by atoms with Crippen molar-refractivity contribution in [3.63, 3.8) is 0 Å². The van der Waals surface area contributed by atoms with Crippen molar-refractivity contribution in [2.45, 2.75) is 184 Å². The van der Waals surface area contributed by atoms with Crippen LogP contribution in [0.15, 0.2) is 47.3 Å². The van der Waals surface area contributed by atoms with E-state index in [0.29, 0.717) is 0 Å². The monoisotopic (exact) mass is 1080 g/mol. The molecule has 0 radical (unpaired) electrons. The lowest BCUT2D eigenvalue weighted by atomic mass is 9.50. The van der Waals surface area contributed by atoms with Gasteiger partial charge in [-0.15, -0.1) is 0 Å². The summed E-state index contributed by atoms with van der Waals surface area (Å²) in [5.74, 6) is -18.6. The topological polar surface area (TPSA) is 200 Å². The van der Waals surface area contributed by atoms with Gasteiger partial charge < -0.3 is 85.3 Å². The molecule has 4 unspecified atom stereocenters. The van der Waals surface area contributed by atoms with E-state index < -0.39 is 63.3 Å². The minimum atomic E-state index is -2.64. The predicted octanol–water partition coefficient (Wildman–Crippen LogP) is 8.94. The van der Waals surface area contributed by atoms with Gasteiger partial charge in [-0.25, -0.2) is 9.59 Å². The van der Waals surface area contributed by atoms with Crippen LogP contribution in [0.1, 0.15) is 138 Å². The largest absolute Gasteiger partial charge is 0.491 e. The molecule has 4 atom stereocenters. The molecule has 0 bridgehead atoms. The molecule has 2 rings (SSSR count). The molecule has 0 N–H and O–H groups in total. The zero-order valence-electron chi connectivity index (χ0n) is 49.4. The van der Waals surface area contributed by atoms with Crippen LogP contribution in [0.5, 0.6) is 0 Å². The first-order chi connectivity index (χ1) is 35.7. The van der Waals surface area contributed by atoms with Gasteiger partial charge >= 0.3 is 35.1 Å². The lowest BCUT2D eigenvalue weighted by Crippen LogP contribution is -2.93. The minimum absolute atomic E-state index is 0.0100. The number of rotatable bonds is 38. The van der Waals surface area contributed by atoms with Gasteiger partial charge in [0.25, 0.3) is 11.6 Å². The van der Waals surface area contributed by atoms with Gasteiger partial charge in [-0.3, -0.25) is 0 Å². The SMILES string of the molecule is C=C(C)C(=O)OC1(OCC)C(OCC)=C(OCC)C(OCC)(C(C)(C)C2(OCC)C(OCC)=C(OCC)C(OCC)(OC(=O)C(=C)C)C(OCC)(OCC)C2(OCC)OCC)C(OCC)(OCC)C1(OCC)OCC. The third-order valence-electron chi connectivity index (χ3n) is 12.6. The van der Waals surface area contributed by atoms with E-state index in [0.717, 1.165) is 0 Å². The highest BCUT2D eigenvalue weighted by Crippen LogP contribution is 2.73. The highest BCUT2D eigenvalue weighted by molar-refractivity contribution is 5.88. The van der Waals surface area contributed by atoms with Gasteiger partial charge in [0, 0.05) is 95.8 Å². The van der Waals surface area contributed by atoms with Crippen molar-refractivity contribution in [3.8, 4) is 0 Å². The van der Waals surface area contributed by atoms with Crippen LogP contribution in [0.3, 0.4) is 0 Å². The number of carbonyl (C=O) groups excluding carboxylic acids is 2. The Kier molecular flexibility index (Phi) is 26.2. The fraction of sp³-hybridized carbons (Fsp3) is 0.818. The molecule has 0 amide bonds. The van der Waals surface area contributed by atoms with Crippen molar-refractivity contribution in [1.29, 1.82) is 0 Å². The smallest absolute Gasteiger partial charge is 0.337 e. The Labute approximate surface area is 448 Å². The van der Waals surface area contributed by atoms with E-state index in [2.05, 4.69) is 13.2 Å². The first kappa shape index (κ1) is 67.7. The van der Waals surface area contributed by atoms with E-state index in [1.165, 1.54) is 13.8 Å². The average molecular weight is 1080 g/mol. The Hall–Kier alpha value is -3.38. The maximum Gasteiger partial charge on any atom is 0.337 e. The Morgan fingerprint density at radius 3 is 0.747 bits per heavy atom. The highest BCUT2D eigenvalue weighted by Gasteiger charge is 2.96. The summed E-state index contributed by atoms with van der Waals surface area (Å²) in [4.78, 5) is 29.1. The second-order valence-electron chi connectivity index (χ2n) is 17.3. The molecule has 0 aromatic rings. The number of hydrogen-bond acceptors (Lipinski definition) is 20. The van der Waals surface area contributed by atoms with Crippen LogP contribution in [-0.4, -0.2) is 164 Å². The molecule has 0 heterocycles. The minimum Gasteiger partial charge on any atom is -0.491 e. The van der Waals surface area contributed by atoms with Crippen molar-refractivity contribution >= 4 is 11.9 Å². The van der Waals surface area contributed by atoms with E-state index >= 15 is 0 Å². The summed E-state index contributed by atoms with van der Waals surface area (Å²) in [5, 5.41) is 0. The molecule has 2 aliphatic rings. The van der Waals surface area contributed by atoms with Crippen molar-refractivity contribution in [3.05, 3.63) is 47.3 Å². The third-order valence-corrected chi connectivity index (χ3v) is 12.6. The molecule has 0 aromatic heterocycles. The highest BCUT2D eigenvalue weighted by atomic mass is 16.9. The first-order valence-corrected chi connectivity index (χ1v) is 27.1. The van der Waals surface area contributed by atoms with Crippen molar-refractivity contribution in [1.82, 2.24) is 0 Å². The summed E-state index contributed by atoms with van der Waals surface area (Å²) >= 11 is 0. The van der Waals surface area contributed by atoms with Crippen molar-refractivity contribution < 1.29 is 94.9 Å². The molecule has 0 saturated heterocycles. The van der Waals surface area contributed by atoms with Gasteiger partial charge in [0.05, 0.1) is 26.4 Å². The molecule has 0 fully saturated rings. The van der Waals surface area contributed by atoms with E-state index in [1.54, 1.807) is 125 Å². The van der Waals surface area contributed by atoms with Gasteiger partial charge in [0.1, 0.15) is 0 Å². The van der Waals surface area contributed by atoms with Crippen LogP contribution < -0.4 is 0 Å². The molecule has 20 heteroatoms. The summed E-state index contributed by atoms with van der Waals surface area (Å²) in [6.07, 6.45) is 0. The fourth-order valence-electron chi connectivity index (χ4n) is 10.9. The predicted molar refractivity (Wildman–Crippen MR) is 278 cm³/mol. The molecule has 0 saturated carbocycles. The zero-order valence-corrected chi connectivity index (χ0v) is 49.4. The van der Waals surface area contributed by atoms with Crippen LogP contribution >= 0.6 is 0 Å². The number of carbonyl (C=O) groups is 2. The molecule has 0 spiro atoms. The first-order valence-electron chi connectivity index (χ1n) is 27.1. The quantitative estimate of drug-likeness (QED) is 0.0322. The summed E-state index contributed by atoms with van der Waals surface area (Å²) in [7, 11) is 0. The van der Waals surface area contributed by atoms with Crippen molar-refractivity contribution in [2.24, 2.45) is 5.41 Å². The molecular formula is C55H96O20. The number of ether oxygens (including phenoxy) is 18. The Bertz CT molecular complexity index is 1760. The van der Waals surface area contributed by atoms with E-state index in [1.807, 2.05) is 0 Å². The van der Waals surface area contributed by atoms with Crippen LogP contribution in [0, 0.1) is 5.41 Å². The maximum atomic E-state index is 14.5. The summed E-state index contributed by atoms with van der Waals surface area (Å²) in [6, 6.07) is 0. The van der Waals surface area contributed by atoms with Crippen LogP contribution in [-0.2, 0) is 94.9 Å². The Morgan fingerprint density at radius 2 is 0.547 bits per heavy atom. The Morgan fingerprint density at radius 1 is 0.333 bits per heavy atom. The standard InChI is InChI=1S/C55H96O20/c1-23-58-41-43(60-25-3)50(64-29-7,74-45(56)39(17)18)54(70-35-13,71-36-14)52(66-31-9,67-32-10)48(41,62-27-5)47(21,22)49(63-28-6)42(59-24-2)44(61-26-4)51(65-30-8,75-46(57)40(19)20)55(72-37-15,73-38-16)53(49,68-33-11)69-34-12/h17,19,23-38H2,1-16,18,20-22H3. The van der Waals surface area contributed by atoms with Crippen LogP contribution in [0.4, 0.5) is 0 Å². The molecule has 20 nitrogen and oxygen atoms in total. The van der Waals surface area contributed by atoms with E-state index in [-0.39, 0.29) is 140 Å². The Balaban J connectivity index is 4.37. The lowest BCUT2D eigenvalue weighted by molar-refractivity contribution is -0.551. The summed E-state index contributed by atoms with van der Waals surface area (Å²) < 4.78 is 128. The van der Waals surface area contributed by atoms with Crippen LogP contribution in [0.25, 0.3) is 0 Å². The second-order valence-corrected chi connectivity index (χ2v) is 17.3. The van der Waals surface area contributed by atoms with E-state index in [9.17, 15) is 9.59 Å². The average Bonchev–Trinajstić information content (AvgIpc) is 3.35. The van der Waals surface area contributed by atoms with Gasteiger partial charge in [-0.1, -0.05) is 27.0 Å². The van der Waals surface area contributed by atoms with E-state index in [4.69, 9.17) is 85.3 Å². The molecular weight excluding hydrogens is 981 g/mol. The lowest BCUT2D eigenvalue weighted by Gasteiger charge is -2.72. The second kappa shape index (κ2) is 29.0. The molecule has 75 heavy (non-hydrogen) atoms. The number of esters is 2. The third kappa shape index (κ3) is 10.4. The molecule has 0 aromatic carbocycles. The molecule has 2 aliphatic carbocycles. The maximum absolute atomic E-state index is 14.5. The normalized spacial score (nSPS) is 24.9. The number of hydrogen-bond donors (Lipinski definition) is 0. The van der Waals surface area contributed by atoms with Gasteiger partial charge in [-0.05, 0) is 125 Å². The fourth-order valence-corrected chi connectivity index (χ4v) is 10.9. The summed E-state index contributed by atoms with van der Waals surface area (Å²) in [5.41, 5.74) is -7.11. The van der Waals surface area contributed by atoms with Gasteiger partial charge in [0.2, 0.25) is 11.5 Å². The van der Waals surface area contributed by atoms with Crippen molar-refractivity contribution in [2.75, 3.05) is 106 Å². The van der Waals surface area contributed by atoms with Crippen LogP contribution in [0.2, 0.25) is 0 Å². The molecule has 436 valence electrons. The molecule has 0 aliphatic heterocycles.